The first-order valence-electron chi connectivity index (χ1n) is 7.41. The van der Waals surface area contributed by atoms with E-state index in [2.05, 4.69) is 12.2 Å². The summed E-state index contributed by atoms with van der Waals surface area (Å²) in [6.45, 7) is 6.58. The van der Waals surface area contributed by atoms with E-state index in [-0.39, 0.29) is 5.69 Å². The van der Waals surface area contributed by atoms with Crippen LogP contribution in [0, 0.1) is 10.1 Å². The average Bonchev–Trinajstić information content (AvgIpc) is 2.48. The highest BCUT2D eigenvalue weighted by molar-refractivity contribution is 5.56. The van der Waals surface area contributed by atoms with Crippen molar-refractivity contribution in [3.05, 3.63) is 28.3 Å². The Balaban J connectivity index is 2.54. The Morgan fingerprint density at radius 1 is 1.14 bits per heavy atom. The van der Waals surface area contributed by atoms with Crippen molar-refractivity contribution >= 4 is 11.4 Å². The van der Waals surface area contributed by atoms with Gasteiger partial charge in [0.25, 0.3) is 5.69 Å². The number of hydrogen-bond acceptors (Lipinski definition) is 5. The second-order valence-corrected chi connectivity index (χ2v) is 4.71. The highest BCUT2D eigenvalue weighted by atomic mass is 16.6. The Labute approximate surface area is 125 Å². The van der Waals surface area contributed by atoms with E-state index in [4.69, 9.17) is 9.47 Å². The summed E-state index contributed by atoms with van der Waals surface area (Å²) in [4.78, 5) is 10.5. The molecule has 0 heterocycles. The minimum absolute atomic E-state index is 0.0259. The summed E-state index contributed by atoms with van der Waals surface area (Å²) in [5.41, 5.74) is 0.701. The quantitative estimate of drug-likeness (QED) is 0.383. The van der Waals surface area contributed by atoms with Gasteiger partial charge in [-0.2, -0.15) is 0 Å². The molecule has 118 valence electrons. The second-order valence-electron chi connectivity index (χ2n) is 4.71. The van der Waals surface area contributed by atoms with Crippen molar-refractivity contribution in [1.29, 1.82) is 0 Å². The number of ether oxygens (including phenoxy) is 2. The molecule has 0 radical (unpaired) electrons. The molecule has 6 heteroatoms. The highest BCUT2D eigenvalue weighted by Crippen LogP contribution is 2.26. The fourth-order valence-electron chi connectivity index (χ4n) is 1.71. The minimum Gasteiger partial charge on any atom is -0.493 e. The van der Waals surface area contributed by atoms with Gasteiger partial charge < -0.3 is 14.8 Å². The molecular weight excluding hydrogens is 272 g/mol. The van der Waals surface area contributed by atoms with Gasteiger partial charge in [-0.15, -0.1) is 0 Å². The summed E-state index contributed by atoms with van der Waals surface area (Å²) < 4.78 is 10.9. The third-order valence-electron chi connectivity index (χ3n) is 2.79. The van der Waals surface area contributed by atoms with E-state index in [0.717, 1.165) is 25.9 Å². The summed E-state index contributed by atoms with van der Waals surface area (Å²) in [6, 6.07) is 4.72. The van der Waals surface area contributed by atoms with Crippen LogP contribution in [0.4, 0.5) is 11.4 Å². The lowest BCUT2D eigenvalue weighted by Crippen LogP contribution is -2.10. The maximum absolute atomic E-state index is 10.9. The molecule has 1 aromatic rings. The van der Waals surface area contributed by atoms with Gasteiger partial charge in [0.15, 0.2) is 0 Å². The van der Waals surface area contributed by atoms with Crippen LogP contribution in [0.5, 0.6) is 5.75 Å². The van der Waals surface area contributed by atoms with Crippen molar-refractivity contribution in [3.8, 4) is 5.75 Å². The Morgan fingerprint density at radius 2 is 1.95 bits per heavy atom. The number of rotatable bonds is 11. The molecule has 0 spiro atoms. The average molecular weight is 296 g/mol. The molecule has 1 rings (SSSR count). The van der Waals surface area contributed by atoms with Gasteiger partial charge in [0.05, 0.1) is 24.2 Å². The van der Waals surface area contributed by atoms with E-state index in [1.165, 1.54) is 12.1 Å². The van der Waals surface area contributed by atoms with Crippen molar-refractivity contribution in [3.63, 3.8) is 0 Å². The van der Waals surface area contributed by atoms with Crippen molar-refractivity contribution in [2.24, 2.45) is 0 Å². The molecule has 1 N–H and O–H groups in total. The van der Waals surface area contributed by atoms with E-state index in [1.54, 1.807) is 6.07 Å². The zero-order valence-corrected chi connectivity index (χ0v) is 12.8. The van der Waals surface area contributed by atoms with Crippen LogP contribution in [0.2, 0.25) is 0 Å². The first-order chi connectivity index (χ1) is 10.2. The molecule has 0 aliphatic carbocycles. The zero-order chi connectivity index (χ0) is 15.5. The van der Waals surface area contributed by atoms with Crippen molar-refractivity contribution in [2.45, 2.75) is 33.1 Å². The molecule has 21 heavy (non-hydrogen) atoms. The normalized spacial score (nSPS) is 10.4. The van der Waals surface area contributed by atoms with E-state index in [1.807, 2.05) is 6.92 Å². The first-order valence-corrected chi connectivity index (χ1v) is 7.41. The monoisotopic (exact) mass is 296 g/mol. The van der Waals surface area contributed by atoms with Gasteiger partial charge in [-0.1, -0.05) is 20.3 Å². The van der Waals surface area contributed by atoms with Gasteiger partial charge in [0.2, 0.25) is 0 Å². The molecule has 0 saturated heterocycles. The van der Waals surface area contributed by atoms with Crippen LogP contribution in [0.3, 0.4) is 0 Å². The summed E-state index contributed by atoms with van der Waals surface area (Å²) in [5.74, 6) is 0.514. The largest absolute Gasteiger partial charge is 0.493 e. The van der Waals surface area contributed by atoms with Gasteiger partial charge in [0, 0.05) is 31.0 Å². The van der Waals surface area contributed by atoms with Crippen molar-refractivity contribution < 1.29 is 14.4 Å². The number of nitro benzene ring substituents is 1. The standard InChI is InChI=1S/C15H24N2O4/c1-3-5-8-20-9-6-16-13-10-14(17(18)19)12-15(11-13)21-7-4-2/h10-12,16H,3-9H2,1-2H3. The molecule has 1 aromatic carbocycles. The Kier molecular flexibility index (Phi) is 8.19. The molecule has 0 atom stereocenters. The lowest BCUT2D eigenvalue weighted by atomic mass is 10.2. The van der Waals surface area contributed by atoms with E-state index < -0.39 is 4.92 Å². The lowest BCUT2D eigenvalue weighted by molar-refractivity contribution is -0.384. The van der Waals surface area contributed by atoms with Gasteiger partial charge in [-0.3, -0.25) is 10.1 Å². The number of unbranched alkanes of at least 4 members (excludes halogenated alkanes) is 1. The topological polar surface area (TPSA) is 73.6 Å². The van der Waals surface area contributed by atoms with Gasteiger partial charge in [-0.05, 0) is 12.8 Å². The number of hydrogen-bond donors (Lipinski definition) is 1. The molecule has 0 amide bonds. The molecule has 0 aliphatic rings. The molecular formula is C15H24N2O4. The molecule has 0 bridgehead atoms. The highest BCUT2D eigenvalue weighted by Gasteiger charge is 2.10. The molecule has 0 aromatic heterocycles. The molecule has 0 aliphatic heterocycles. The number of nitrogens with one attached hydrogen (secondary N) is 1. The fraction of sp³-hybridized carbons (Fsp3) is 0.600. The predicted molar refractivity (Wildman–Crippen MR) is 83.1 cm³/mol. The van der Waals surface area contributed by atoms with Crippen molar-refractivity contribution in [2.75, 3.05) is 31.7 Å². The summed E-state index contributed by atoms with van der Waals surface area (Å²) >= 11 is 0. The van der Waals surface area contributed by atoms with E-state index >= 15 is 0 Å². The zero-order valence-electron chi connectivity index (χ0n) is 12.8. The Morgan fingerprint density at radius 3 is 2.62 bits per heavy atom. The van der Waals surface area contributed by atoms with Gasteiger partial charge >= 0.3 is 0 Å². The molecule has 0 saturated carbocycles. The summed E-state index contributed by atoms with van der Waals surface area (Å²) in [6.07, 6.45) is 3.01. The van der Waals surface area contributed by atoms with Gasteiger partial charge in [0.1, 0.15) is 5.75 Å². The number of nitrogens with zero attached hydrogens (tertiary/aromatic N) is 1. The van der Waals surface area contributed by atoms with Crippen molar-refractivity contribution in [1.82, 2.24) is 0 Å². The number of non-ortho nitro benzene ring substituents is 1. The van der Waals surface area contributed by atoms with E-state index in [0.29, 0.717) is 31.2 Å². The fourth-order valence-corrected chi connectivity index (χ4v) is 1.71. The van der Waals surface area contributed by atoms with Crippen LogP contribution in [-0.4, -0.2) is 31.3 Å². The Hall–Kier alpha value is -1.82. The smallest absolute Gasteiger partial charge is 0.275 e. The Bertz CT molecular complexity index is 438. The van der Waals surface area contributed by atoms with Crippen LogP contribution < -0.4 is 10.1 Å². The molecule has 6 nitrogen and oxygen atoms in total. The minimum atomic E-state index is -0.415. The van der Waals surface area contributed by atoms with Crippen LogP contribution >= 0.6 is 0 Å². The lowest BCUT2D eigenvalue weighted by Gasteiger charge is -2.10. The first kappa shape index (κ1) is 17.2. The maximum Gasteiger partial charge on any atom is 0.275 e. The summed E-state index contributed by atoms with van der Waals surface area (Å²) in [5, 5.41) is 14.0. The van der Waals surface area contributed by atoms with Crippen LogP contribution in [-0.2, 0) is 4.74 Å². The second kappa shape index (κ2) is 9.99. The van der Waals surface area contributed by atoms with Gasteiger partial charge in [-0.25, -0.2) is 0 Å². The van der Waals surface area contributed by atoms with Crippen LogP contribution in [0.25, 0.3) is 0 Å². The van der Waals surface area contributed by atoms with Crippen LogP contribution in [0.1, 0.15) is 33.1 Å². The summed E-state index contributed by atoms with van der Waals surface area (Å²) in [7, 11) is 0. The molecule has 0 fully saturated rings. The number of nitro groups is 1. The number of benzene rings is 1. The number of anilines is 1. The maximum atomic E-state index is 10.9. The molecule has 0 unspecified atom stereocenters. The third-order valence-corrected chi connectivity index (χ3v) is 2.79. The van der Waals surface area contributed by atoms with E-state index in [9.17, 15) is 10.1 Å². The SMILES string of the molecule is CCCCOCCNc1cc(OCCC)cc([N+](=O)[O-])c1. The third kappa shape index (κ3) is 6.94. The predicted octanol–water partition coefficient (Wildman–Crippen LogP) is 3.61. The van der Waals surface area contributed by atoms with Crippen LogP contribution in [0.15, 0.2) is 18.2 Å².